The van der Waals surface area contributed by atoms with Crippen LogP contribution in [0.4, 0.5) is 5.82 Å². The van der Waals surface area contributed by atoms with E-state index in [1.807, 2.05) is 19.9 Å². The zero-order valence-electron chi connectivity index (χ0n) is 10.2. The highest BCUT2D eigenvalue weighted by Crippen LogP contribution is 2.29. The third-order valence-corrected chi connectivity index (χ3v) is 3.40. The van der Waals surface area contributed by atoms with Gasteiger partial charge in [-0.05, 0) is 24.8 Å². The summed E-state index contributed by atoms with van der Waals surface area (Å²) in [4.78, 5) is 16.9. The van der Waals surface area contributed by atoms with Crippen molar-refractivity contribution in [2.45, 2.75) is 30.3 Å². The fraction of sp³-hybridized carbons (Fsp3) is 0.273. The first kappa shape index (κ1) is 12.7. The number of hydrogen-bond donors (Lipinski definition) is 2. The minimum Gasteiger partial charge on any atom is -0.308 e. The number of aryl methyl sites for hydroxylation is 1. The minimum atomic E-state index is 0.651. The van der Waals surface area contributed by atoms with Crippen LogP contribution < -0.4 is 11.3 Å². The van der Waals surface area contributed by atoms with Crippen molar-refractivity contribution in [2.75, 3.05) is 5.43 Å². The number of hydrogen-bond acceptors (Lipinski definition) is 7. The van der Waals surface area contributed by atoms with E-state index in [4.69, 9.17) is 5.84 Å². The van der Waals surface area contributed by atoms with Crippen molar-refractivity contribution in [3.05, 3.63) is 30.0 Å². The van der Waals surface area contributed by atoms with Gasteiger partial charge >= 0.3 is 0 Å². The Morgan fingerprint density at radius 3 is 2.83 bits per heavy atom. The van der Waals surface area contributed by atoms with Gasteiger partial charge in [-0.1, -0.05) is 6.92 Å². The van der Waals surface area contributed by atoms with Crippen molar-refractivity contribution in [3.8, 4) is 0 Å². The van der Waals surface area contributed by atoms with Gasteiger partial charge in [-0.3, -0.25) is 0 Å². The number of nitrogens with zero attached hydrogens (tertiary/aromatic N) is 4. The molecule has 0 bridgehead atoms. The van der Waals surface area contributed by atoms with Gasteiger partial charge in [0.05, 0.1) is 0 Å². The molecule has 0 aliphatic carbocycles. The maximum atomic E-state index is 5.46. The van der Waals surface area contributed by atoms with Crippen LogP contribution in [-0.2, 0) is 6.42 Å². The normalized spacial score (nSPS) is 10.4. The van der Waals surface area contributed by atoms with Crippen molar-refractivity contribution in [1.82, 2.24) is 19.9 Å². The summed E-state index contributed by atoms with van der Waals surface area (Å²) >= 11 is 1.48. The maximum absolute atomic E-state index is 5.46. The molecule has 0 aromatic carbocycles. The Labute approximate surface area is 109 Å². The highest BCUT2D eigenvalue weighted by atomic mass is 32.2. The Hall–Kier alpha value is -1.73. The average Bonchev–Trinajstić information content (AvgIpc) is 2.42. The van der Waals surface area contributed by atoms with Crippen molar-refractivity contribution in [2.24, 2.45) is 5.84 Å². The first-order chi connectivity index (χ1) is 8.74. The highest BCUT2D eigenvalue weighted by Gasteiger charge is 2.11. The molecule has 2 aromatic heterocycles. The van der Waals surface area contributed by atoms with Crippen LogP contribution in [-0.4, -0.2) is 19.9 Å². The van der Waals surface area contributed by atoms with Crippen LogP contribution in [0.15, 0.2) is 28.6 Å². The molecule has 0 spiro atoms. The quantitative estimate of drug-likeness (QED) is 0.491. The molecule has 0 saturated heterocycles. The van der Waals surface area contributed by atoms with Gasteiger partial charge in [0.15, 0.2) is 0 Å². The van der Waals surface area contributed by atoms with E-state index in [1.54, 1.807) is 6.20 Å². The number of anilines is 1. The lowest BCUT2D eigenvalue weighted by atomic mass is 10.3. The molecular weight excluding hydrogens is 248 g/mol. The lowest BCUT2D eigenvalue weighted by Crippen LogP contribution is -2.13. The third-order valence-electron chi connectivity index (χ3n) is 2.36. The zero-order chi connectivity index (χ0) is 13.0. The van der Waals surface area contributed by atoms with Gasteiger partial charge in [-0.15, -0.1) is 0 Å². The summed E-state index contributed by atoms with van der Waals surface area (Å²) in [7, 11) is 0. The fourth-order valence-electron chi connectivity index (χ4n) is 1.38. The number of hydrazine groups is 1. The van der Waals surface area contributed by atoms with Crippen molar-refractivity contribution >= 4 is 17.6 Å². The standard InChI is InChI=1S/C11H14N6S/c1-3-8-15-10(17-12)7(2)11(16-8)18-9-4-5-13-6-14-9/h4-6H,3,12H2,1-2H3,(H,15,16,17). The molecule has 0 radical (unpaired) electrons. The molecule has 0 saturated carbocycles. The summed E-state index contributed by atoms with van der Waals surface area (Å²) in [5, 5.41) is 1.70. The highest BCUT2D eigenvalue weighted by molar-refractivity contribution is 7.99. The molecule has 0 aliphatic rings. The molecule has 0 amide bonds. The molecule has 0 aliphatic heterocycles. The summed E-state index contributed by atoms with van der Waals surface area (Å²) in [5.74, 6) is 6.87. The monoisotopic (exact) mass is 262 g/mol. The average molecular weight is 262 g/mol. The summed E-state index contributed by atoms with van der Waals surface area (Å²) < 4.78 is 0. The van der Waals surface area contributed by atoms with Crippen molar-refractivity contribution < 1.29 is 0 Å². The van der Waals surface area contributed by atoms with Gasteiger partial charge in [-0.25, -0.2) is 25.8 Å². The molecule has 0 atom stereocenters. The SMILES string of the molecule is CCc1nc(NN)c(C)c(Sc2ccncn2)n1. The first-order valence-corrected chi connectivity index (χ1v) is 6.34. The van der Waals surface area contributed by atoms with Gasteiger partial charge in [0.2, 0.25) is 0 Å². The van der Waals surface area contributed by atoms with Crippen LogP contribution in [0, 0.1) is 6.92 Å². The second-order valence-electron chi connectivity index (χ2n) is 3.57. The van der Waals surface area contributed by atoms with E-state index in [2.05, 4.69) is 25.4 Å². The number of rotatable bonds is 4. The fourth-order valence-corrected chi connectivity index (χ4v) is 2.20. The Balaban J connectivity index is 2.37. The smallest absolute Gasteiger partial charge is 0.147 e. The van der Waals surface area contributed by atoms with Crippen molar-refractivity contribution in [1.29, 1.82) is 0 Å². The van der Waals surface area contributed by atoms with Gasteiger partial charge in [0.1, 0.15) is 28.0 Å². The van der Waals surface area contributed by atoms with Gasteiger partial charge in [0, 0.05) is 18.2 Å². The minimum absolute atomic E-state index is 0.651. The van der Waals surface area contributed by atoms with Gasteiger partial charge in [-0.2, -0.15) is 0 Å². The number of nitrogens with one attached hydrogen (secondary N) is 1. The maximum Gasteiger partial charge on any atom is 0.147 e. The molecule has 0 fully saturated rings. The molecule has 94 valence electrons. The summed E-state index contributed by atoms with van der Waals surface area (Å²) in [6.45, 7) is 3.93. The predicted octanol–water partition coefficient (Wildman–Crippen LogP) is 1.57. The Bertz CT molecular complexity index is 531. The van der Waals surface area contributed by atoms with E-state index >= 15 is 0 Å². The van der Waals surface area contributed by atoms with E-state index in [0.717, 1.165) is 27.9 Å². The number of aromatic nitrogens is 4. The molecule has 18 heavy (non-hydrogen) atoms. The second kappa shape index (κ2) is 5.74. The number of nitrogens with two attached hydrogens (primary N) is 1. The summed E-state index contributed by atoms with van der Waals surface area (Å²) in [6.07, 6.45) is 3.97. The lowest BCUT2D eigenvalue weighted by Gasteiger charge is -2.10. The first-order valence-electron chi connectivity index (χ1n) is 5.52. The van der Waals surface area contributed by atoms with Crippen LogP contribution in [0.1, 0.15) is 18.3 Å². The van der Waals surface area contributed by atoms with Crippen LogP contribution in [0.25, 0.3) is 0 Å². The predicted molar refractivity (Wildman–Crippen MR) is 70.1 cm³/mol. The van der Waals surface area contributed by atoms with Crippen molar-refractivity contribution in [3.63, 3.8) is 0 Å². The third kappa shape index (κ3) is 2.74. The van der Waals surface area contributed by atoms with Crippen LogP contribution in [0.5, 0.6) is 0 Å². The zero-order valence-corrected chi connectivity index (χ0v) is 11.0. The van der Waals surface area contributed by atoms with Crippen LogP contribution in [0.2, 0.25) is 0 Å². The van der Waals surface area contributed by atoms with E-state index in [-0.39, 0.29) is 0 Å². The summed E-state index contributed by atoms with van der Waals surface area (Å²) in [5.41, 5.74) is 3.51. The molecule has 2 rings (SSSR count). The molecule has 0 unspecified atom stereocenters. The molecular formula is C11H14N6S. The molecule has 6 nitrogen and oxygen atoms in total. The number of nitrogen functional groups attached to an aromatic ring is 1. The van der Waals surface area contributed by atoms with E-state index in [9.17, 15) is 0 Å². The van der Waals surface area contributed by atoms with E-state index in [1.165, 1.54) is 18.1 Å². The Morgan fingerprint density at radius 1 is 1.39 bits per heavy atom. The largest absolute Gasteiger partial charge is 0.308 e. The van der Waals surface area contributed by atoms with E-state index < -0.39 is 0 Å². The molecule has 2 heterocycles. The molecule has 3 N–H and O–H groups in total. The van der Waals surface area contributed by atoms with Gasteiger partial charge < -0.3 is 5.43 Å². The Kier molecular flexibility index (Phi) is 4.06. The molecule has 7 heteroatoms. The molecule has 2 aromatic rings. The van der Waals surface area contributed by atoms with Crippen LogP contribution in [0.3, 0.4) is 0 Å². The topological polar surface area (TPSA) is 89.6 Å². The Morgan fingerprint density at radius 2 is 2.22 bits per heavy atom. The lowest BCUT2D eigenvalue weighted by molar-refractivity contribution is 0.870. The second-order valence-corrected chi connectivity index (χ2v) is 4.58. The van der Waals surface area contributed by atoms with Crippen LogP contribution >= 0.6 is 11.8 Å². The van der Waals surface area contributed by atoms with Gasteiger partial charge in [0.25, 0.3) is 0 Å². The summed E-state index contributed by atoms with van der Waals surface area (Å²) in [6, 6.07) is 1.84. The van der Waals surface area contributed by atoms with E-state index in [0.29, 0.717) is 5.82 Å².